The van der Waals surface area contributed by atoms with Crippen LogP contribution in [0.1, 0.15) is 49.5 Å². The highest BCUT2D eigenvalue weighted by Crippen LogP contribution is 2.27. The van der Waals surface area contributed by atoms with Crippen molar-refractivity contribution >= 4 is 17.6 Å². The molecule has 3 rings (SSSR count). The van der Waals surface area contributed by atoms with Crippen LogP contribution in [-0.2, 0) is 6.54 Å². The lowest BCUT2D eigenvalue weighted by atomic mass is 10.0. The number of rotatable bonds is 8. The zero-order valence-electron chi connectivity index (χ0n) is 19.1. The second-order valence-electron chi connectivity index (χ2n) is 8.90. The fraction of sp³-hybridized carbons (Fsp3) is 0.440. The summed E-state index contributed by atoms with van der Waals surface area (Å²) in [5.41, 5.74) is 1.95. The summed E-state index contributed by atoms with van der Waals surface area (Å²) in [7, 11) is 0. The molecule has 1 aliphatic rings. The SMILES string of the molecule is CC(C)NC(=O)Nc1ccc(C(=O)NCCC2CC(C)N(Cc3ccccc3)C2)c(O)c1. The van der Waals surface area contributed by atoms with Gasteiger partial charge in [-0.3, -0.25) is 9.69 Å². The number of nitrogens with one attached hydrogen (secondary N) is 3. The number of aromatic hydroxyl groups is 1. The molecule has 1 saturated heterocycles. The van der Waals surface area contributed by atoms with E-state index in [-0.39, 0.29) is 29.3 Å². The number of hydrogen-bond donors (Lipinski definition) is 4. The summed E-state index contributed by atoms with van der Waals surface area (Å²) in [5.74, 6) is 0.0647. The first-order valence-corrected chi connectivity index (χ1v) is 11.3. The van der Waals surface area contributed by atoms with Crippen LogP contribution in [0.15, 0.2) is 48.5 Å². The van der Waals surface area contributed by atoms with E-state index >= 15 is 0 Å². The standard InChI is InChI=1S/C25H34N4O3/c1-17(2)27-25(32)28-21-9-10-22(23(30)14-21)24(31)26-12-11-20-13-18(3)29(16-20)15-19-7-5-4-6-8-19/h4-10,14,17-18,20,30H,11-13,15-16H2,1-3H3,(H,26,31)(H2,27,28,32). The van der Waals surface area contributed by atoms with Crippen molar-refractivity contribution in [3.05, 3.63) is 59.7 Å². The Morgan fingerprint density at radius 1 is 1.16 bits per heavy atom. The van der Waals surface area contributed by atoms with E-state index in [1.54, 1.807) is 6.07 Å². The molecule has 7 nitrogen and oxygen atoms in total. The van der Waals surface area contributed by atoms with Gasteiger partial charge in [0.2, 0.25) is 0 Å². The predicted octanol–water partition coefficient (Wildman–Crippen LogP) is 3.95. The van der Waals surface area contributed by atoms with Crippen LogP contribution < -0.4 is 16.0 Å². The van der Waals surface area contributed by atoms with Crippen molar-refractivity contribution in [2.24, 2.45) is 5.92 Å². The lowest BCUT2D eigenvalue weighted by Gasteiger charge is -2.21. The van der Waals surface area contributed by atoms with Crippen LogP contribution in [0, 0.1) is 5.92 Å². The van der Waals surface area contributed by atoms with E-state index in [1.807, 2.05) is 19.9 Å². The van der Waals surface area contributed by atoms with Crippen molar-refractivity contribution in [3.63, 3.8) is 0 Å². The average Bonchev–Trinajstić information content (AvgIpc) is 3.07. The molecule has 2 atom stereocenters. The molecule has 1 aliphatic heterocycles. The predicted molar refractivity (Wildman–Crippen MR) is 127 cm³/mol. The zero-order valence-corrected chi connectivity index (χ0v) is 19.1. The Labute approximate surface area is 190 Å². The van der Waals surface area contributed by atoms with E-state index in [9.17, 15) is 14.7 Å². The van der Waals surface area contributed by atoms with Gasteiger partial charge in [0.05, 0.1) is 5.56 Å². The molecule has 1 fully saturated rings. The fourth-order valence-corrected chi connectivity index (χ4v) is 4.18. The highest BCUT2D eigenvalue weighted by atomic mass is 16.3. The molecule has 2 unspecified atom stereocenters. The minimum absolute atomic E-state index is 0.00178. The van der Waals surface area contributed by atoms with Crippen molar-refractivity contribution in [1.82, 2.24) is 15.5 Å². The Morgan fingerprint density at radius 3 is 2.59 bits per heavy atom. The van der Waals surface area contributed by atoms with Gasteiger partial charge in [0.1, 0.15) is 5.75 Å². The first kappa shape index (κ1) is 23.6. The number of phenols is 1. The van der Waals surface area contributed by atoms with E-state index in [2.05, 4.69) is 52.0 Å². The second-order valence-corrected chi connectivity index (χ2v) is 8.90. The van der Waals surface area contributed by atoms with Gasteiger partial charge < -0.3 is 21.1 Å². The number of phenolic OH excluding ortho intramolecular Hbond substituents is 1. The lowest BCUT2D eigenvalue weighted by Crippen LogP contribution is -2.34. The number of anilines is 1. The molecule has 0 saturated carbocycles. The minimum atomic E-state index is -0.358. The molecule has 2 aromatic rings. The quantitative estimate of drug-likeness (QED) is 0.502. The number of benzene rings is 2. The van der Waals surface area contributed by atoms with Gasteiger partial charge in [0.25, 0.3) is 5.91 Å². The Balaban J connectivity index is 1.45. The van der Waals surface area contributed by atoms with Crippen LogP contribution >= 0.6 is 0 Å². The van der Waals surface area contributed by atoms with E-state index in [0.29, 0.717) is 24.2 Å². The smallest absolute Gasteiger partial charge is 0.319 e. The summed E-state index contributed by atoms with van der Waals surface area (Å²) in [6, 6.07) is 15.2. The summed E-state index contributed by atoms with van der Waals surface area (Å²) in [6.07, 6.45) is 2.02. The third-order valence-electron chi connectivity index (χ3n) is 5.78. The Morgan fingerprint density at radius 2 is 1.91 bits per heavy atom. The molecule has 3 amide bonds. The summed E-state index contributed by atoms with van der Waals surface area (Å²) in [6.45, 7) is 8.52. The lowest BCUT2D eigenvalue weighted by molar-refractivity contribution is 0.0949. The van der Waals surface area contributed by atoms with Crippen LogP contribution in [0.25, 0.3) is 0 Å². The Bertz CT molecular complexity index is 917. The molecule has 0 radical (unpaired) electrons. The maximum absolute atomic E-state index is 12.5. The Kier molecular flexibility index (Phi) is 8.11. The normalized spacial score (nSPS) is 18.5. The molecule has 1 heterocycles. The molecule has 0 bridgehead atoms. The topological polar surface area (TPSA) is 93.7 Å². The molecule has 32 heavy (non-hydrogen) atoms. The van der Waals surface area contributed by atoms with Crippen molar-refractivity contribution in [2.75, 3.05) is 18.4 Å². The first-order chi connectivity index (χ1) is 15.3. The van der Waals surface area contributed by atoms with Gasteiger partial charge in [-0.1, -0.05) is 30.3 Å². The van der Waals surface area contributed by atoms with Gasteiger partial charge in [0, 0.05) is 43.5 Å². The monoisotopic (exact) mass is 438 g/mol. The summed E-state index contributed by atoms with van der Waals surface area (Å²) in [4.78, 5) is 26.8. The highest BCUT2D eigenvalue weighted by Gasteiger charge is 2.28. The number of hydrogen-bond acceptors (Lipinski definition) is 4. The third kappa shape index (κ3) is 6.72. The molecule has 0 spiro atoms. The first-order valence-electron chi connectivity index (χ1n) is 11.3. The van der Waals surface area contributed by atoms with Gasteiger partial charge in [0.15, 0.2) is 0 Å². The number of carbonyl (C=O) groups is 2. The van der Waals surface area contributed by atoms with E-state index in [4.69, 9.17) is 0 Å². The minimum Gasteiger partial charge on any atom is -0.507 e. The van der Waals surface area contributed by atoms with E-state index in [1.165, 1.54) is 17.7 Å². The van der Waals surface area contributed by atoms with Crippen LogP contribution in [0.5, 0.6) is 5.75 Å². The average molecular weight is 439 g/mol. The van der Waals surface area contributed by atoms with Gasteiger partial charge in [-0.25, -0.2) is 4.79 Å². The molecule has 0 aromatic heterocycles. The van der Waals surface area contributed by atoms with Gasteiger partial charge in [-0.2, -0.15) is 0 Å². The van der Waals surface area contributed by atoms with Crippen molar-refractivity contribution in [3.8, 4) is 5.75 Å². The third-order valence-corrected chi connectivity index (χ3v) is 5.78. The second kappa shape index (κ2) is 11.0. The molecule has 2 aromatic carbocycles. The van der Waals surface area contributed by atoms with Crippen LogP contribution in [0.3, 0.4) is 0 Å². The largest absolute Gasteiger partial charge is 0.507 e. The fourth-order valence-electron chi connectivity index (χ4n) is 4.18. The summed E-state index contributed by atoms with van der Waals surface area (Å²) >= 11 is 0. The zero-order chi connectivity index (χ0) is 23.1. The molecule has 0 aliphatic carbocycles. The van der Waals surface area contributed by atoms with Crippen molar-refractivity contribution in [1.29, 1.82) is 0 Å². The number of amides is 3. The van der Waals surface area contributed by atoms with Crippen LogP contribution in [0.4, 0.5) is 10.5 Å². The van der Waals surface area contributed by atoms with E-state index < -0.39 is 0 Å². The van der Waals surface area contributed by atoms with E-state index in [0.717, 1.165) is 25.9 Å². The summed E-state index contributed by atoms with van der Waals surface area (Å²) < 4.78 is 0. The maximum atomic E-state index is 12.5. The summed E-state index contributed by atoms with van der Waals surface area (Å²) in [5, 5.41) is 18.5. The molecule has 172 valence electrons. The van der Waals surface area contributed by atoms with Gasteiger partial charge >= 0.3 is 6.03 Å². The van der Waals surface area contributed by atoms with Crippen LogP contribution in [0.2, 0.25) is 0 Å². The van der Waals surface area contributed by atoms with Crippen molar-refractivity contribution in [2.45, 2.75) is 52.2 Å². The maximum Gasteiger partial charge on any atom is 0.319 e. The Hall–Kier alpha value is -3.06. The number of urea groups is 1. The molecule has 4 N–H and O–H groups in total. The number of carbonyl (C=O) groups excluding carboxylic acids is 2. The number of nitrogens with zero attached hydrogens (tertiary/aromatic N) is 1. The molecular formula is C25H34N4O3. The molecule has 7 heteroatoms. The number of likely N-dealkylation sites (tertiary alicyclic amines) is 1. The highest BCUT2D eigenvalue weighted by molar-refractivity contribution is 5.98. The van der Waals surface area contributed by atoms with Gasteiger partial charge in [-0.05, 0) is 57.2 Å². The molecular weight excluding hydrogens is 404 g/mol. The van der Waals surface area contributed by atoms with Crippen LogP contribution in [-0.4, -0.2) is 47.1 Å². The van der Waals surface area contributed by atoms with Crippen molar-refractivity contribution < 1.29 is 14.7 Å². The van der Waals surface area contributed by atoms with Gasteiger partial charge in [-0.15, -0.1) is 0 Å².